The van der Waals surface area contributed by atoms with E-state index in [2.05, 4.69) is 36.9 Å². The Labute approximate surface area is 121 Å². The molecule has 0 saturated heterocycles. The van der Waals surface area contributed by atoms with E-state index in [0.717, 1.165) is 0 Å². The lowest BCUT2D eigenvalue weighted by molar-refractivity contribution is -0.111. The summed E-state index contributed by atoms with van der Waals surface area (Å²) in [7, 11) is 0. The lowest BCUT2D eigenvalue weighted by Gasteiger charge is -2.05. The molecule has 18 heavy (non-hydrogen) atoms. The van der Waals surface area contributed by atoms with E-state index in [-0.39, 0.29) is 11.5 Å². The minimum Gasteiger partial charge on any atom is -0.506 e. The minimum absolute atomic E-state index is 0.00187. The van der Waals surface area contributed by atoms with E-state index in [0.29, 0.717) is 25.9 Å². The van der Waals surface area contributed by atoms with Crippen LogP contribution in [0.2, 0.25) is 0 Å². The van der Waals surface area contributed by atoms with Crippen LogP contribution in [-0.2, 0) is 4.79 Å². The third kappa shape index (κ3) is 2.79. The SMILES string of the molecule is CC1=CC(=Nc2cc(Br)c(O)c(Br)c2)C=CC1=O. The van der Waals surface area contributed by atoms with E-state index in [1.807, 2.05) is 0 Å². The molecule has 0 aliphatic heterocycles. The molecular formula is C13H9Br2NO2. The quantitative estimate of drug-likeness (QED) is 0.757. The molecule has 0 spiro atoms. The van der Waals surface area contributed by atoms with E-state index < -0.39 is 0 Å². The number of hydrogen-bond donors (Lipinski definition) is 1. The van der Waals surface area contributed by atoms with Crippen molar-refractivity contribution >= 4 is 49.0 Å². The van der Waals surface area contributed by atoms with Crippen molar-refractivity contribution in [2.45, 2.75) is 6.92 Å². The first kappa shape index (κ1) is 13.2. The number of phenolic OH excluding ortho intramolecular Hbond substituents is 1. The summed E-state index contributed by atoms with van der Waals surface area (Å²) in [5, 5.41) is 9.60. The van der Waals surface area contributed by atoms with Gasteiger partial charge < -0.3 is 5.11 Å². The number of benzene rings is 1. The van der Waals surface area contributed by atoms with Crippen LogP contribution in [0.3, 0.4) is 0 Å². The van der Waals surface area contributed by atoms with Crippen LogP contribution in [0.25, 0.3) is 0 Å². The van der Waals surface area contributed by atoms with Gasteiger partial charge in [-0.15, -0.1) is 0 Å². The molecule has 0 aromatic heterocycles. The molecular weight excluding hydrogens is 362 g/mol. The van der Waals surface area contributed by atoms with E-state index >= 15 is 0 Å². The zero-order valence-electron chi connectivity index (χ0n) is 9.45. The van der Waals surface area contributed by atoms with E-state index in [1.165, 1.54) is 6.08 Å². The number of carbonyl (C=O) groups is 1. The molecule has 2 rings (SSSR count). The van der Waals surface area contributed by atoms with Crippen molar-refractivity contribution in [3.8, 4) is 5.75 Å². The Morgan fingerprint density at radius 1 is 1.17 bits per heavy atom. The molecule has 3 nitrogen and oxygen atoms in total. The molecule has 0 amide bonds. The zero-order valence-corrected chi connectivity index (χ0v) is 12.6. The first-order chi connectivity index (χ1) is 8.47. The highest BCUT2D eigenvalue weighted by Gasteiger charge is 2.09. The van der Waals surface area contributed by atoms with Crippen molar-refractivity contribution in [3.05, 3.63) is 44.9 Å². The summed E-state index contributed by atoms with van der Waals surface area (Å²) in [6.45, 7) is 1.75. The van der Waals surface area contributed by atoms with Crippen molar-refractivity contribution in [2.75, 3.05) is 0 Å². The topological polar surface area (TPSA) is 49.7 Å². The smallest absolute Gasteiger partial charge is 0.181 e. The third-order valence-corrected chi connectivity index (χ3v) is 3.63. The molecule has 1 aliphatic carbocycles. The van der Waals surface area contributed by atoms with Gasteiger partial charge in [0.15, 0.2) is 5.78 Å². The number of allylic oxidation sites excluding steroid dienone is 4. The Kier molecular flexibility index (Phi) is 3.82. The lowest BCUT2D eigenvalue weighted by Crippen LogP contribution is -2.04. The number of carbonyl (C=O) groups excluding carboxylic acids is 1. The molecule has 1 aromatic carbocycles. The van der Waals surface area contributed by atoms with E-state index in [9.17, 15) is 9.90 Å². The fourth-order valence-corrected chi connectivity index (χ4v) is 2.63. The van der Waals surface area contributed by atoms with Gasteiger partial charge in [0.2, 0.25) is 0 Å². The number of halogens is 2. The Morgan fingerprint density at radius 2 is 1.78 bits per heavy atom. The van der Waals surface area contributed by atoms with Crippen LogP contribution in [0.5, 0.6) is 5.75 Å². The van der Waals surface area contributed by atoms with Gasteiger partial charge in [-0.2, -0.15) is 0 Å². The molecule has 1 aliphatic rings. The van der Waals surface area contributed by atoms with Crippen LogP contribution in [0.1, 0.15) is 6.92 Å². The van der Waals surface area contributed by atoms with E-state index in [1.54, 1.807) is 31.2 Å². The molecule has 0 unspecified atom stereocenters. The lowest BCUT2D eigenvalue weighted by atomic mass is 10.1. The molecule has 5 heteroatoms. The predicted molar refractivity (Wildman–Crippen MR) is 78.5 cm³/mol. The number of aromatic hydroxyl groups is 1. The standard InChI is InChI=1S/C13H9Br2NO2/c1-7-4-8(2-3-12(7)17)16-9-5-10(14)13(18)11(15)6-9/h2-6,18H,1H3. The number of ketones is 1. The van der Waals surface area contributed by atoms with Gasteiger partial charge in [0.05, 0.1) is 20.3 Å². The zero-order chi connectivity index (χ0) is 13.3. The molecule has 92 valence electrons. The van der Waals surface area contributed by atoms with Crippen molar-refractivity contribution in [3.63, 3.8) is 0 Å². The largest absolute Gasteiger partial charge is 0.506 e. The number of rotatable bonds is 1. The van der Waals surface area contributed by atoms with Gasteiger partial charge in [0, 0.05) is 0 Å². The average molecular weight is 371 g/mol. The summed E-state index contributed by atoms with van der Waals surface area (Å²) < 4.78 is 1.13. The highest BCUT2D eigenvalue weighted by atomic mass is 79.9. The molecule has 0 atom stereocenters. The van der Waals surface area contributed by atoms with Gasteiger partial charge in [0.25, 0.3) is 0 Å². The van der Waals surface area contributed by atoms with Crippen LogP contribution in [-0.4, -0.2) is 16.6 Å². The normalized spacial score (nSPS) is 17.2. The molecule has 0 saturated carbocycles. The highest BCUT2D eigenvalue weighted by molar-refractivity contribution is 9.11. The van der Waals surface area contributed by atoms with Crippen molar-refractivity contribution in [2.24, 2.45) is 4.99 Å². The fraction of sp³-hybridized carbons (Fsp3) is 0.0769. The average Bonchev–Trinajstić information content (AvgIpc) is 2.31. The van der Waals surface area contributed by atoms with Crippen LogP contribution < -0.4 is 0 Å². The second-order valence-corrected chi connectivity index (χ2v) is 5.53. The van der Waals surface area contributed by atoms with Crippen molar-refractivity contribution in [1.29, 1.82) is 0 Å². The molecule has 0 fully saturated rings. The van der Waals surface area contributed by atoms with E-state index in [4.69, 9.17) is 0 Å². The summed E-state index contributed by atoms with van der Waals surface area (Å²) in [5.74, 6) is 0.141. The van der Waals surface area contributed by atoms with Gasteiger partial charge in [-0.25, -0.2) is 4.99 Å². The number of phenols is 1. The molecule has 1 N–H and O–H groups in total. The Bertz CT molecular complexity index is 592. The molecule has 1 aromatic rings. The van der Waals surface area contributed by atoms with Crippen molar-refractivity contribution in [1.82, 2.24) is 0 Å². The molecule has 0 bridgehead atoms. The second-order valence-electron chi connectivity index (χ2n) is 3.82. The third-order valence-electron chi connectivity index (χ3n) is 2.42. The van der Waals surface area contributed by atoms with Gasteiger partial charge in [0.1, 0.15) is 5.75 Å². The van der Waals surface area contributed by atoms with Gasteiger partial charge in [-0.3, -0.25) is 4.79 Å². The number of nitrogens with zero attached hydrogens (tertiary/aromatic N) is 1. The highest BCUT2D eigenvalue weighted by Crippen LogP contribution is 2.36. The van der Waals surface area contributed by atoms with Crippen molar-refractivity contribution < 1.29 is 9.90 Å². The van der Waals surface area contributed by atoms with Crippen LogP contribution in [0.4, 0.5) is 5.69 Å². The van der Waals surface area contributed by atoms with Gasteiger partial charge >= 0.3 is 0 Å². The molecule has 0 heterocycles. The summed E-state index contributed by atoms with van der Waals surface area (Å²) in [6.07, 6.45) is 4.90. The Hall–Kier alpha value is -1.20. The van der Waals surface area contributed by atoms with Gasteiger partial charge in [-0.1, -0.05) is 0 Å². The molecule has 0 radical (unpaired) electrons. The Morgan fingerprint density at radius 3 is 2.33 bits per heavy atom. The predicted octanol–water partition coefficient (Wildman–Crippen LogP) is 4.07. The fourth-order valence-electron chi connectivity index (χ4n) is 1.47. The monoisotopic (exact) mass is 369 g/mol. The number of hydrogen-bond acceptors (Lipinski definition) is 3. The summed E-state index contributed by atoms with van der Waals surface area (Å²) in [5.41, 5.74) is 2.05. The first-order valence-corrected chi connectivity index (χ1v) is 6.73. The Balaban J connectivity index is 2.41. The van der Waals surface area contributed by atoms with Crippen LogP contribution in [0, 0.1) is 0 Å². The summed E-state index contributed by atoms with van der Waals surface area (Å²) in [4.78, 5) is 15.7. The van der Waals surface area contributed by atoms with Crippen LogP contribution in [0.15, 0.2) is 49.9 Å². The summed E-state index contributed by atoms with van der Waals surface area (Å²) >= 11 is 6.49. The second kappa shape index (κ2) is 5.20. The maximum absolute atomic E-state index is 11.3. The first-order valence-electron chi connectivity index (χ1n) is 5.15. The maximum Gasteiger partial charge on any atom is 0.181 e. The number of aliphatic imine (C=N–C) groups is 1. The van der Waals surface area contributed by atoms with Crippen LogP contribution >= 0.6 is 31.9 Å². The minimum atomic E-state index is 0.00187. The summed E-state index contributed by atoms with van der Waals surface area (Å²) in [6, 6.07) is 3.42. The maximum atomic E-state index is 11.3. The van der Waals surface area contributed by atoms with Gasteiger partial charge in [-0.05, 0) is 74.7 Å².